The molecule has 1 amide bonds. The number of carbonyl (C=O) groups is 1. The number of hydrogen-bond acceptors (Lipinski definition) is 4. The highest BCUT2D eigenvalue weighted by atomic mass is 16.5. The summed E-state index contributed by atoms with van der Waals surface area (Å²) < 4.78 is 10.6. The van der Waals surface area contributed by atoms with Gasteiger partial charge in [0.2, 0.25) is 5.91 Å². The standard InChI is InChI=1S/C25H22N2O3/c1-29-23-13-7-18(8-14-23)15-25(28)26-17-22-16-24(30-27-22)21-11-9-20(10-12-21)19-5-3-2-4-6-19/h2-14,16H,15,17H2,1H3,(H,26,28). The van der Waals surface area contributed by atoms with Gasteiger partial charge in [-0.1, -0.05) is 71.9 Å². The largest absolute Gasteiger partial charge is 0.497 e. The van der Waals surface area contributed by atoms with Crippen LogP contribution in [0.1, 0.15) is 11.3 Å². The molecule has 1 heterocycles. The van der Waals surface area contributed by atoms with Crippen molar-refractivity contribution in [3.05, 3.63) is 96.2 Å². The summed E-state index contributed by atoms with van der Waals surface area (Å²) in [5.74, 6) is 1.37. The fourth-order valence-corrected chi connectivity index (χ4v) is 3.17. The van der Waals surface area contributed by atoms with Crippen molar-refractivity contribution in [3.63, 3.8) is 0 Å². The molecular formula is C25H22N2O3. The second kappa shape index (κ2) is 9.09. The Hall–Kier alpha value is -3.86. The molecule has 1 N–H and O–H groups in total. The summed E-state index contributed by atoms with van der Waals surface area (Å²) in [5.41, 5.74) is 4.86. The van der Waals surface area contributed by atoms with Gasteiger partial charge in [-0.3, -0.25) is 4.79 Å². The van der Waals surface area contributed by atoms with Crippen LogP contribution in [0.4, 0.5) is 0 Å². The minimum atomic E-state index is -0.0723. The summed E-state index contributed by atoms with van der Waals surface area (Å²) >= 11 is 0. The molecule has 1 aromatic heterocycles. The highest BCUT2D eigenvalue weighted by Crippen LogP contribution is 2.25. The van der Waals surface area contributed by atoms with E-state index in [1.165, 1.54) is 5.56 Å². The first kappa shape index (κ1) is 19.5. The first-order chi connectivity index (χ1) is 14.7. The van der Waals surface area contributed by atoms with E-state index >= 15 is 0 Å². The van der Waals surface area contributed by atoms with Crippen molar-refractivity contribution in [2.24, 2.45) is 0 Å². The second-order valence-electron chi connectivity index (χ2n) is 6.93. The van der Waals surface area contributed by atoms with E-state index in [2.05, 4.69) is 34.7 Å². The molecule has 3 aromatic carbocycles. The quantitative estimate of drug-likeness (QED) is 0.482. The van der Waals surface area contributed by atoms with Crippen LogP contribution in [0.15, 0.2) is 89.5 Å². The molecule has 0 unspecified atom stereocenters. The van der Waals surface area contributed by atoms with Gasteiger partial charge in [0.25, 0.3) is 0 Å². The van der Waals surface area contributed by atoms with E-state index in [4.69, 9.17) is 9.26 Å². The maximum atomic E-state index is 12.2. The lowest BCUT2D eigenvalue weighted by atomic mass is 10.0. The first-order valence-corrected chi connectivity index (χ1v) is 9.72. The molecule has 0 spiro atoms. The Balaban J connectivity index is 1.34. The van der Waals surface area contributed by atoms with Gasteiger partial charge in [0, 0.05) is 11.6 Å². The first-order valence-electron chi connectivity index (χ1n) is 9.72. The highest BCUT2D eigenvalue weighted by Gasteiger charge is 2.09. The average molecular weight is 398 g/mol. The summed E-state index contributed by atoms with van der Waals surface area (Å²) in [5, 5.41) is 6.95. The third-order valence-corrected chi connectivity index (χ3v) is 4.83. The minimum Gasteiger partial charge on any atom is -0.497 e. The number of carbonyl (C=O) groups excluding carboxylic acids is 1. The molecule has 0 atom stereocenters. The van der Waals surface area contributed by atoms with Crippen molar-refractivity contribution in [1.82, 2.24) is 10.5 Å². The summed E-state index contributed by atoms with van der Waals surface area (Å²) in [6.45, 7) is 0.320. The summed E-state index contributed by atoms with van der Waals surface area (Å²) in [6, 6.07) is 27.6. The van der Waals surface area contributed by atoms with Crippen LogP contribution in [0.2, 0.25) is 0 Å². The molecule has 4 rings (SSSR count). The van der Waals surface area contributed by atoms with E-state index in [9.17, 15) is 4.79 Å². The van der Waals surface area contributed by atoms with Crippen molar-refractivity contribution in [2.75, 3.05) is 7.11 Å². The van der Waals surface area contributed by atoms with E-state index in [-0.39, 0.29) is 5.91 Å². The number of nitrogens with one attached hydrogen (secondary N) is 1. The fraction of sp³-hybridized carbons (Fsp3) is 0.120. The summed E-state index contributed by atoms with van der Waals surface area (Å²) in [4.78, 5) is 12.2. The van der Waals surface area contributed by atoms with Gasteiger partial charge in [-0.15, -0.1) is 0 Å². The molecule has 0 saturated heterocycles. The molecule has 0 aliphatic carbocycles. The van der Waals surface area contributed by atoms with E-state index in [1.54, 1.807) is 7.11 Å². The van der Waals surface area contributed by atoms with Gasteiger partial charge >= 0.3 is 0 Å². The Labute approximate surface area is 175 Å². The van der Waals surface area contributed by atoms with Gasteiger partial charge in [-0.25, -0.2) is 0 Å². The van der Waals surface area contributed by atoms with Crippen molar-refractivity contribution >= 4 is 5.91 Å². The predicted molar refractivity (Wildman–Crippen MR) is 116 cm³/mol. The number of hydrogen-bond donors (Lipinski definition) is 1. The van der Waals surface area contributed by atoms with Crippen LogP contribution in [0.25, 0.3) is 22.5 Å². The molecule has 5 heteroatoms. The number of benzene rings is 3. The Bertz CT molecular complexity index is 1100. The van der Waals surface area contributed by atoms with Crippen molar-refractivity contribution in [1.29, 1.82) is 0 Å². The number of aromatic nitrogens is 1. The van der Waals surface area contributed by atoms with Crippen molar-refractivity contribution in [2.45, 2.75) is 13.0 Å². The smallest absolute Gasteiger partial charge is 0.224 e. The Morgan fingerprint density at radius 1 is 0.900 bits per heavy atom. The average Bonchev–Trinajstić information content (AvgIpc) is 3.28. The van der Waals surface area contributed by atoms with Crippen molar-refractivity contribution in [3.8, 4) is 28.2 Å². The topological polar surface area (TPSA) is 64.4 Å². The molecule has 0 aliphatic rings. The van der Waals surface area contributed by atoms with Crippen molar-refractivity contribution < 1.29 is 14.1 Å². The maximum absolute atomic E-state index is 12.2. The normalized spacial score (nSPS) is 10.6. The van der Waals surface area contributed by atoms with Gasteiger partial charge in [0.1, 0.15) is 11.4 Å². The van der Waals surface area contributed by atoms with E-state index in [1.807, 2.05) is 60.7 Å². The van der Waals surface area contributed by atoms with E-state index in [0.29, 0.717) is 24.4 Å². The maximum Gasteiger partial charge on any atom is 0.224 e. The number of ether oxygens (including phenoxy) is 1. The van der Waals surface area contributed by atoms with Gasteiger partial charge in [0.05, 0.1) is 20.1 Å². The van der Waals surface area contributed by atoms with Gasteiger partial charge in [-0.2, -0.15) is 0 Å². The lowest BCUT2D eigenvalue weighted by Crippen LogP contribution is -2.24. The van der Waals surface area contributed by atoms with Crippen LogP contribution in [0, 0.1) is 0 Å². The third-order valence-electron chi connectivity index (χ3n) is 4.83. The molecule has 150 valence electrons. The number of methoxy groups -OCH3 is 1. The van der Waals surface area contributed by atoms with Crippen LogP contribution in [0.3, 0.4) is 0 Å². The molecule has 0 saturated carbocycles. The molecular weight excluding hydrogens is 376 g/mol. The predicted octanol–water partition coefficient (Wildman–Crippen LogP) is 4.88. The number of amides is 1. The molecule has 0 fully saturated rings. The minimum absolute atomic E-state index is 0.0723. The molecule has 0 bridgehead atoms. The summed E-state index contributed by atoms with van der Waals surface area (Å²) in [6.07, 6.45) is 0.301. The van der Waals surface area contributed by atoms with Crippen LogP contribution >= 0.6 is 0 Å². The van der Waals surface area contributed by atoms with Crippen LogP contribution in [-0.4, -0.2) is 18.2 Å². The van der Waals surface area contributed by atoms with Crippen LogP contribution in [-0.2, 0) is 17.8 Å². The fourth-order valence-electron chi connectivity index (χ4n) is 3.17. The molecule has 5 nitrogen and oxygen atoms in total. The second-order valence-corrected chi connectivity index (χ2v) is 6.93. The van der Waals surface area contributed by atoms with E-state index < -0.39 is 0 Å². The van der Waals surface area contributed by atoms with Gasteiger partial charge in [-0.05, 0) is 28.8 Å². The Morgan fingerprint density at radius 3 is 2.27 bits per heavy atom. The van der Waals surface area contributed by atoms with Gasteiger partial charge in [0.15, 0.2) is 5.76 Å². The van der Waals surface area contributed by atoms with Crippen LogP contribution in [0.5, 0.6) is 5.75 Å². The molecule has 0 radical (unpaired) electrons. The SMILES string of the molecule is COc1ccc(CC(=O)NCc2cc(-c3ccc(-c4ccccc4)cc3)on2)cc1. The summed E-state index contributed by atoms with van der Waals surface area (Å²) in [7, 11) is 1.62. The molecule has 0 aliphatic heterocycles. The number of nitrogens with zero attached hydrogens (tertiary/aromatic N) is 1. The zero-order valence-corrected chi connectivity index (χ0v) is 16.7. The lowest BCUT2D eigenvalue weighted by Gasteiger charge is -2.04. The Kier molecular flexibility index (Phi) is 5.90. The molecule has 4 aromatic rings. The Morgan fingerprint density at radius 2 is 1.57 bits per heavy atom. The van der Waals surface area contributed by atoms with Gasteiger partial charge < -0.3 is 14.6 Å². The highest BCUT2D eigenvalue weighted by molar-refractivity contribution is 5.78. The lowest BCUT2D eigenvalue weighted by molar-refractivity contribution is -0.120. The monoisotopic (exact) mass is 398 g/mol. The zero-order valence-electron chi connectivity index (χ0n) is 16.7. The zero-order chi connectivity index (χ0) is 20.8. The number of rotatable bonds is 7. The van der Waals surface area contributed by atoms with E-state index in [0.717, 1.165) is 22.4 Å². The molecule has 30 heavy (non-hydrogen) atoms. The van der Waals surface area contributed by atoms with Crippen LogP contribution < -0.4 is 10.1 Å². The third kappa shape index (κ3) is 4.75.